The molecule has 1 atom stereocenters. The minimum Gasteiger partial charge on any atom is -0.476 e. The predicted molar refractivity (Wildman–Crippen MR) is 97.6 cm³/mol. The summed E-state index contributed by atoms with van der Waals surface area (Å²) in [5, 5.41) is 10.8. The van der Waals surface area contributed by atoms with Gasteiger partial charge in [-0.05, 0) is 33.3 Å². The van der Waals surface area contributed by atoms with E-state index in [1.165, 1.54) is 18.3 Å². The zero-order valence-electron chi connectivity index (χ0n) is 15.5. The molecule has 0 bridgehead atoms. The fraction of sp³-hybridized carbons (Fsp3) is 0.500. The SMILES string of the molecule is CC(C)(C)OC(=O)N1CCC(COc2cnc3cc([N+](=O)[O-])ccc3n2)C1. The molecule has 0 N–H and O–H groups in total. The number of likely N-dealkylation sites (tertiary alicyclic amines) is 1. The van der Waals surface area contributed by atoms with Crippen molar-refractivity contribution in [1.82, 2.24) is 14.9 Å². The number of ether oxygens (including phenoxy) is 2. The number of carbonyl (C=O) groups excluding carboxylic acids is 1. The Morgan fingerprint density at radius 1 is 1.37 bits per heavy atom. The van der Waals surface area contributed by atoms with E-state index in [4.69, 9.17) is 9.47 Å². The van der Waals surface area contributed by atoms with Crippen LogP contribution in [0.3, 0.4) is 0 Å². The molecule has 3 rings (SSSR count). The summed E-state index contributed by atoms with van der Waals surface area (Å²) < 4.78 is 11.1. The van der Waals surface area contributed by atoms with E-state index in [1.54, 1.807) is 11.0 Å². The van der Waals surface area contributed by atoms with Gasteiger partial charge in [0.15, 0.2) is 0 Å². The lowest BCUT2D eigenvalue weighted by Crippen LogP contribution is -2.35. The molecule has 1 saturated heterocycles. The van der Waals surface area contributed by atoms with Crippen molar-refractivity contribution < 1.29 is 19.2 Å². The third-order valence-electron chi connectivity index (χ3n) is 4.12. The van der Waals surface area contributed by atoms with E-state index in [0.29, 0.717) is 36.6 Å². The highest BCUT2D eigenvalue weighted by Gasteiger charge is 2.30. The van der Waals surface area contributed by atoms with E-state index in [9.17, 15) is 14.9 Å². The van der Waals surface area contributed by atoms with Gasteiger partial charge in [-0.2, -0.15) is 0 Å². The van der Waals surface area contributed by atoms with Gasteiger partial charge in [-0.3, -0.25) is 10.1 Å². The molecule has 1 unspecified atom stereocenters. The van der Waals surface area contributed by atoms with E-state index in [-0.39, 0.29) is 17.7 Å². The molecule has 2 heterocycles. The average Bonchev–Trinajstić information content (AvgIpc) is 3.07. The zero-order valence-corrected chi connectivity index (χ0v) is 15.5. The molecule has 2 aromatic rings. The standard InChI is InChI=1S/C18H22N4O5/c1-18(2,3)27-17(23)21-7-6-12(10-21)11-26-16-9-19-15-8-13(22(24)25)4-5-14(15)20-16/h4-5,8-9,12H,6-7,10-11H2,1-3H3. The molecule has 0 radical (unpaired) electrons. The first-order valence-electron chi connectivity index (χ1n) is 8.73. The summed E-state index contributed by atoms with van der Waals surface area (Å²) in [6, 6.07) is 4.31. The average molecular weight is 374 g/mol. The summed E-state index contributed by atoms with van der Waals surface area (Å²) >= 11 is 0. The number of nitro benzene ring substituents is 1. The van der Waals surface area contributed by atoms with Crippen molar-refractivity contribution in [2.24, 2.45) is 5.92 Å². The maximum Gasteiger partial charge on any atom is 0.410 e. The quantitative estimate of drug-likeness (QED) is 0.597. The fourth-order valence-corrected chi connectivity index (χ4v) is 2.83. The summed E-state index contributed by atoms with van der Waals surface area (Å²) in [5.74, 6) is 0.541. The number of amides is 1. The number of benzene rings is 1. The minimum atomic E-state index is -0.512. The molecule has 1 aromatic heterocycles. The molecule has 0 aliphatic carbocycles. The summed E-state index contributed by atoms with van der Waals surface area (Å²) in [6.07, 6.45) is 1.97. The molecule has 1 aliphatic rings. The Bertz CT molecular complexity index is 864. The lowest BCUT2D eigenvalue weighted by molar-refractivity contribution is -0.384. The van der Waals surface area contributed by atoms with Crippen molar-refractivity contribution in [3.05, 3.63) is 34.5 Å². The topological polar surface area (TPSA) is 108 Å². The Hall–Kier alpha value is -2.97. The molecule has 1 fully saturated rings. The van der Waals surface area contributed by atoms with Gasteiger partial charge in [-0.25, -0.2) is 14.8 Å². The zero-order chi connectivity index (χ0) is 19.6. The van der Waals surface area contributed by atoms with Gasteiger partial charge in [0.1, 0.15) is 5.60 Å². The van der Waals surface area contributed by atoms with Gasteiger partial charge < -0.3 is 14.4 Å². The normalized spacial score (nSPS) is 17.1. The molecule has 1 aromatic carbocycles. The number of non-ortho nitro benzene ring substituents is 1. The Morgan fingerprint density at radius 2 is 2.15 bits per heavy atom. The van der Waals surface area contributed by atoms with Crippen molar-refractivity contribution in [2.45, 2.75) is 32.8 Å². The molecule has 144 valence electrons. The summed E-state index contributed by atoms with van der Waals surface area (Å²) in [6.45, 7) is 7.14. The highest BCUT2D eigenvalue weighted by Crippen LogP contribution is 2.22. The lowest BCUT2D eigenvalue weighted by Gasteiger charge is -2.24. The van der Waals surface area contributed by atoms with Crippen LogP contribution in [0.15, 0.2) is 24.4 Å². The number of hydrogen-bond acceptors (Lipinski definition) is 7. The van der Waals surface area contributed by atoms with Gasteiger partial charge in [0.25, 0.3) is 5.69 Å². The van der Waals surface area contributed by atoms with E-state index in [0.717, 1.165) is 6.42 Å². The van der Waals surface area contributed by atoms with Gasteiger partial charge in [0.2, 0.25) is 5.88 Å². The summed E-state index contributed by atoms with van der Waals surface area (Å²) in [7, 11) is 0. The minimum absolute atomic E-state index is 0.0290. The molecule has 1 amide bonds. The van der Waals surface area contributed by atoms with Gasteiger partial charge in [0.05, 0.1) is 28.8 Å². The molecular weight excluding hydrogens is 352 g/mol. The molecule has 9 heteroatoms. The van der Waals surface area contributed by atoms with E-state index >= 15 is 0 Å². The monoisotopic (exact) mass is 374 g/mol. The first-order chi connectivity index (χ1) is 12.7. The lowest BCUT2D eigenvalue weighted by atomic mass is 10.1. The first kappa shape index (κ1) is 18.8. The van der Waals surface area contributed by atoms with Crippen molar-refractivity contribution in [3.63, 3.8) is 0 Å². The second kappa shape index (κ2) is 7.34. The molecule has 0 spiro atoms. The van der Waals surface area contributed by atoms with Crippen molar-refractivity contribution in [2.75, 3.05) is 19.7 Å². The highest BCUT2D eigenvalue weighted by molar-refractivity contribution is 5.77. The summed E-state index contributed by atoms with van der Waals surface area (Å²) in [4.78, 5) is 32.6. The fourth-order valence-electron chi connectivity index (χ4n) is 2.83. The van der Waals surface area contributed by atoms with Crippen molar-refractivity contribution in [1.29, 1.82) is 0 Å². The van der Waals surface area contributed by atoms with Gasteiger partial charge >= 0.3 is 6.09 Å². The third-order valence-corrected chi connectivity index (χ3v) is 4.12. The Balaban J connectivity index is 1.57. The van der Waals surface area contributed by atoms with Crippen LogP contribution in [0.25, 0.3) is 11.0 Å². The molecule has 27 heavy (non-hydrogen) atoms. The van der Waals surface area contributed by atoms with Gasteiger partial charge in [-0.1, -0.05) is 0 Å². The Morgan fingerprint density at radius 3 is 2.85 bits per heavy atom. The number of carbonyl (C=O) groups is 1. The van der Waals surface area contributed by atoms with Crippen LogP contribution in [0.1, 0.15) is 27.2 Å². The number of nitro groups is 1. The van der Waals surface area contributed by atoms with Crippen LogP contribution in [-0.2, 0) is 4.74 Å². The van der Waals surface area contributed by atoms with Crippen LogP contribution in [0, 0.1) is 16.0 Å². The Labute approximate surface area is 156 Å². The predicted octanol–water partition coefficient (Wildman–Crippen LogP) is 3.17. The molecule has 0 saturated carbocycles. The smallest absolute Gasteiger partial charge is 0.410 e. The number of rotatable bonds is 4. The van der Waals surface area contributed by atoms with E-state index < -0.39 is 10.5 Å². The van der Waals surface area contributed by atoms with Gasteiger partial charge in [-0.15, -0.1) is 0 Å². The van der Waals surface area contributed by atoms with E-state index in [1.807, 2.05) is 20.8 Å². The number of hydrogen-bond donors (Lipinski definition) is 0. The maximum atomic E-state index is 12.1. The second-order valence-electron chi connectivity index (χ2n) is 7.53. The van der Waals surface area contributed by atoms with Gasteiger partial charge in [0, 0.05) is 31.1 Å². The molecule has 9 nitrogen and oxygen atoms in total. The maximum absolute atomic E-state index is 12.1. The van der Waals surface area contributed by atoms with Crippen LogP contribution < -0.4 is 4.74 Å². The molecular formula is C18H22N4O5. The Kier molecular flexibility index (Phi) is 5.11. The third kappa shape index (κ3) is 4.81. The molecule has 1 aliphatic heterocycles. The number of aromatic nitrogens is 2. The van der Waals surface area contributed by atoms with Crippen molar-refractivity contribution in [3.8, 4) is 5.88 Å². The number of nitrogens with zero attached hydrogens (tertiary/aromatic N) is 4. The van der Waals surface area contributed by atoms with Crippen LogP contribution in [0.4, 0.5) is 10.5 Å². The first-order valence-corrected chi connectivity index (χ1v) is 8.73. The van der Waals surface area contributed by atoms with Crippen LogP contribution in [0.2, 0.25) is 0 Å². The van der Waals surface area contributed by atoms with Crippen LogP contribution in [-0.4, -0.2) is 51.2 Å². The highest BCUT2D eigenvalue weighted by atomic mass is 16.6. The van der Waals surface area contributed by atoms with Crippen molar-refractivity contribution >= 4 is 22.8 Å². The van der Waals surface area contributed by atoms with Crippen LogP contribution in [0.5, 0.6) is 5.88 Å². The number of fused-ring (bicyclic) bond motifs is 1. The largest absolute Gasteiger partial charge is 0.476 e. The van der Waals surface area contributed by atoms with Crippen LogP contribution >= 0.6 is 0 Å². The van der Waals surface area contributed by atoms with E-state index in [2.05, 4.69) is 9.97 Å². The summed E-state index contributed by atoms with van der Waals surface area (Å²) in [5.41, 5.74) is 0.425. The second-order valence-corrected chi connectivity index (χ2v) is 7.53.